The summed E-state index contributed by atoms with van der Waals surface area (Å²) in [6.45, 7) is 0.775. The highest BCUT2D eigenvalue weighted by Crippen LogP contribution is 2.13. The zero-order valence-electron chi connectivity index (χ0n) is 8.65. The quantitative estimate of drug-likeness (QED) is 0.907. The third-order valence-electron chi connectivity index (χ3n) is 2.19. The van der Waals surface area contributed by atoms with E-state index in [4.69, 9.17) is 5.73 Å². The van der Waals surface area contributed by atoms with Crippen LogP contribution in [0.5, 0.6) is 0 Å². The first-order valence-corrected chi connectivity index (χ1v) is 5.73. The van der Waals surface area contributed by atoms with Gasteiger partial charge in [0, 0.05) is 29.0 Å². The summed E-state index contributed by atoms with van der Waals surface area (Å²) < 4.78 is 1.09. The SMILES string of the molecule is Nc1cc(NCc2ccc(Br)cc2)ccn1. The van der Waals surface area contributed by atoms with Crippen molar-refractivity contribution in [3.63, 3.8) is 0 Å². The van der Waals surface area contributed by atoms with Crippen molar-refractivity contribution < 1.29 is 0 Å². The van der Waals surface area contributed by atoms with Crippen LogP contribution in [0.15, 0.2) is 47.1 Å². The van der Waals surface area contributed by atoms with Crippen molar-refractivity contribution in [3.05, 3.63) is 52.6 Å². The smallest absolute Gasteiger partial charge is 0.125 e. The topological polar surface area (TPSA) is 50.9 Å². The summed E-state index contributed by atoms with van der Waals surface area (Å²) in [6, 6.07) is 11.9. The lowest BCUT2D eigenvalue weighted by Crippen LogP contribution is -2.00. The lowest BCUT2D eigenvalue weighted by atomic mass is 10.2. The Morgan fingerprint density at radius 2 is 1.94 bits per heavy atom. The first-order valence-electron chi connectivity index (χ1n) is 4.94. The Hall–Kier alpha value is -1.55. The van der Waals surface area contributed by atoms with Gasteiger partial charge in [0.05, 0.1) is 0 Å². The molecule has 0 amide bonds. The maximum Gasteiger partial charge on any atom is 0.125 e. The van der Waals surface area contributed by atoms with E-state index in [9.17, 15) is 0 Å². The molecule has 1 aromatic carbocycles. The van der Waals surface area contributed by atoms with Crippen molar-refractivity contribution in [2.75, 3.05) is 11.1 Å². The molecule has 0 spiro atoms. The van der Waals surface area contributed by atoms with Gasteiger partial charge in [-0.1, -0.05) is 28.1 Å². The second kappa shape index (κ2) is 4.99. The Morgan fingerprint density at radius 3 is 2.62 bits per heavy atom. The van der Waals surface area contributed by atoms with Crippen LogP contribution in [0.25, 0.3) is 0 Å². The van der Waals surface area contributed by atoms with Crippen LogP contribution in [0.2, 0.25) is 0 Å². The fraction of sp³-hybridized carbons (Fsp3) is 0.0833. The molecule has 4 heteroatoms. The first kappa shape index (κ1) is 11.0. The monoisotopic (exact) mass is 277 g/mol. The van der Waals surface area contributed by atoms with E-state index in [0.29, 0.717) is 5.82 Å². The van der Waals surface area contributed by atoms with Crippen molar-refractivity contribution >= 4 is 27.4 Å². The zero-order valence-corrected chi connectivity index (χ0v) is 10.2. The highest BCUT2D eigenvalue weighted by atomic mass is 79.9. The fourth-order valence-electron chi connectivity index (χ4n) is 1.36. The Morgan fingerprint density at radius 1 is 1.19 bits per heavy atom. The summed E-state index contributed by atoms with van der Waals surface area (Å²) in [6.07, 6.45) is 1.69. The molecular weight excluding hydrogens is 266 g/mol. The minimum atomic E-state index is 0.529. The summed E-state index contributed by atoms with van der Waals surface area (Å²) in [7, 11) is 0. The van der Waals surface area contributed by atoms with Crippen molar-refractivity contribution in [2.45, 2.75) is 6.54 Å². The number of benzene rings is 1. The molecule has 1 aromatic heterocycles. The number of hydrogen-bond donors (Lipinski definition) is 2. The molecule has 0 saturated heterocycles. The molecular formula is C12H12BrN3. The van der Waals surface area contributed by atoms with Gasteiger partial charge in [-0.3, -0.25) is 0 Å². The summed E-state index contributed by atoms with van der Waals surface area (Å²) in [5.74, 6) is 0.529. The van der Waals surface area contributed by atoms with Crippen LogP contribution in [-0.4, -0.2) is 4.98 Å². The van der Waals surface area contributed by atoms with Gasteiger partial charge in [0.15, 0.2) is 0 Å². The van der Waals surface area contributed by atoms with Gasteiger partial charge >= 0.3 is 0 Å². The molecule has 0 aliphatic heterocycles. The molecule has 3 nitrogen and oxygen atoms in total. The van der Waals surface area contributed by atoms with Crippen molar-refractivity contribution in [3.8, 4) is 0 Å². The van der Waals surface area contributed by atoms with Gasteiger partial charge < -0.3 is 11.1 Å². The summed E-state index contributed by atoms with van der Waals surface area (Å²) in [4.78, 5) is 3.94. The van der Waals surface area contributed by atoms with Gasteiger partial charge in [-0.05, 0) is 23.8 Å². The molecule has 0 saturated carbocycles. The van der Waals surface area contributed by atoms with E-state index in [1.807, 2.05) is 24.3 Å². The molecule has 2 aromatic rings. The highest BCUT2D eigenvalue weighted by Gasteiger charge is 1.95. The maximum atomic E-state index is 5.59. The van der Waals surface area contributed by atoms with E-state index in [1.165, 1.54) is 5.56 Å². The number of rotatable bonds is 3. The Balaban J connectivity index is 1.99. The Kier molecular flexibility index (Phi) is 3.41. The van der Waals surface area contributed by atoms with Gasteiger partial charge in [-0.15, -0.1) is 0 Å². The molecule has 3 N–H and O–H groups in total. The number of nitrogens with two attached hydrogens (primary N) is 1. The second-order valence-electron chi connectivity index (χ2n) is 3.45. The van der Waals surface area contributed by atoms with E-state index in [0.717, 1.165) is 16.7 Å². The predicted octanol–water partition coefficient (Wildman–Crippen LogP) is 3.04. The largest absolute Gasteiger partial charge is 0.384 e. The average molecular weight is 278 g/mol. The van der Waals surface area contributed by atoms with Gasteiger partial charge in [0.2, 0.25) is 0 Å². The number of aromatic nitrogens is 1. The van der Waals surface area contributed by atoms with Crippen LogP contribution in [0.1, 0.15) is 5.56 Å². The lowest BCUT2D eigenvalue weighted by molar-refractivity contribution is 1.14. The zero-order chi connectivity index (χ0) is 11.4. The second-order valence-corrected chi connectivity index (χ2v) is 4.37. The molecule has 1 heterocycles. The highest BCUT2D eigenvalue weighted by molar-refractivity contribution is 9.10. The normalized spacial score (nSPS) is 10.1. The fourth-order valence-corrected chi connectivity index (χ4v) is 1.63. The van der Waals surface area contributed by atoms with E-state index >= 15 is 0 Å². The third kappa shape index (κ3) is 2.97. The van der Waals surface area contributed by atoms with Crippen LogP contribution in [0, 0.1) is 0 Å². The molecule has 2 rings (SSSR count). The number of nitrogen functional groups attached to an aromatic ring is 1. The number of anilines is 2. The van der Waals surface area contributed by atoms with Gasteiger partial charge in [0.1, 0.15) is 5.82 Å². The predicted molar refractivity (Wildman–Crippen MR) is 70.1 cm³/mol. The lowest BCUT2D eigenvalue weighted by Gasteiger charge is -2.06. The average Bonchev–Trinajstić information content (AvgIpc) is 2.28. The van der Waals surface area contributed by atoms with Crippen LogP contribution in [0.3, 0.4) is 0 Å². The summed E-state index contributed by atoms with van der Waals surface area (Å²) in [5, 5.41) is 3.29. The van der Waals surface area contributed by atoms with Gasteiger partial charge in [-0.2, -0.15) is 0 Å². The molecule has 0 bridgehead atoms. The summed E-state index contributed by atoms with van der Waals surface area (Å²) in [5.41, 5.74) is 7.79. The van der Waals surface area contributed by atoms with Crippen LogP contribution in [0.4, 0.5) is 11.5 Å². The number of nitrogens with zero attached hydrogens (tertiary/aromatic N) is 1. The minimum absolute atomic E-state index is 0.529. The molecule has 82 valence electrons. The van der Waals surface area contributed by atoms with Crippen LogP contribution in [-0.2, 0) is 6.54 Å². The number of halogens is 1. The summed E-state index contributed by atoms with van der Waals surface area (Å²) >= 11 is 3.41. The third-order valence-corrected chi connectivity index (χ3v) is 2.72. The molecule has 16 heavy (non-hydrogen) atoms. The van der Waals surface area contributed by atoms with Crippen molar-refractivity contribution in [1.29, 1.82) is 0 Å². The Bertz CT molecular complexity index is 468. The van der Waals surface area contributed by atoms with Gasteiger partial charge in [-0.25, -0.2) is 4.98 Å². The van der Waals surface area contributed by atoms with Gasteiger partial charge in [0.25, 0.3) is 0 Å². The van der Waals surface area contributed by atoms with Crippen LogP contribution >= 0.6 is 15.9 Å². The minimum Gasteiger partial charge on any atom is -0.384 e. The molecule has 0 aliphatic carbocycles. The van der Waals surface area contributed by atoms with E-state index < -0.39 is 0 Å². The molecule has 0 fully saturated rings. The van der Waals surface area contributed by atoms with Crippen molar-refractivity contribution in [1.82, 2.24) is 4.98 Å². The standard InChI is InChI=1S/C12H12BrN3/c13-10-3-1-9(2-4-10)8-16-11-5-6-15-12(14)7-11/h1-7H,8H2,(H3,14,15,16). The van der Waals surface area contributed by atoms with E-state index in [1.54, 1.807) is 6.20 Å². The first-order chi connectivity index (χ1) is 7.74. The molecule has 0 unspecified atom stereocenters. The molecule has 0 radical (unpaired) electrons. The number of nitrogens with one attached hydrogen (secondary N) is 1. The Labute approximate surface area is 103 Å². The number of pyridine rings is 1. The molecule has 0 atom stereocenters. The molecule has 0 aliphatic rings. The van der Waals surface area contributed by atoms with E-state index in [2.05, 4.69) is 38.4 Å². The maximum absolute atomic E-state index is 5.59. The van der Waals surface area contributed by atoms with Crippen LogP contribution < -0.4 is 11.1 Å². The van der Waals surface area contributed by atoms with Crippen molar-refractivity contribution in [2.24, 2.45) is 0 Å². The van der Waals surface area contributed by atoms with E-state index in [-0.39, 0.29) is 0 Å². The number of hydrogen-bond acceptors (Lipinski definition) is 3.